The molecule has 1 saturated carbocycles. The van der Waals surface area contributed by atoms with Gasteiger partial charge in [0.05, 0.1) is 5.69 Å². The summed E-state index contributed by atoms with van der Waals surface area (Å²) in [5.74, 6) is -0.404. The summed E-state index contributed by atoms with van der Waals surface area (Å²) >= 11 is 1.78. The first-order valence-electron chi connectivity index (χ1n) is 9.70. The van der Waals surface area contributed by atoms with Gasteiger partial charge in [-0.05, 0) is 43.6 Å². The van der Waals surface area contributed by atoms with E-state index in [1.54, 1.807) is 11.3 Å². The van der Waals surface area contributed by atoms with E-state index >= 15 is 0 Å². The second kappa shape index (κ2) is 9.55. The first kappa shape index (κ1) is 20.8. The van der Waals surface area contributed by atoms with Crippen molar-refractivity contribution in [2.45, 2.75) is 63.3 Å². The quantitative estimate of drug-likeness (QED) is 0.664. The molecule has 2 aromatic rings. The van der Waals surface area contributed by atoms with Crippen LogP contribution in [-0.2, 0) is 17.6 Å². The first-order chi connectivity index (χ1) is 12.7. The molecule has 1 aromatic carbocycles. The van der Waals surface area contributed by atoms with Crippen molar-refractivity contribution in [2.75, 3.05) is 11.4 Å². The molecule has 1 atom stereocenters. The number of hydrogen-bond acceptors (Lipinski definition) is 5. The Hall–Kier alpha value is -0.880. The Labute approximate surface area is 187 Å². The van der Waals surface area contributed by atoms with E-state index in [-0.39, 0.29) is 36.0 Å². The van der Waals surface area contributed by atoms with E-state index in [4.69, 9.17) is 4.98 Å². The molecule has 0 bridgehead atoms. The molecule has 0 amide bonds. The van der Waals surface area contributed by atoms with Crippen molar-refractivity contribution in [3.8, 4) is 0 Å². The minimum atomic E-state index is -0.974. The summed E-state index contributed by atoms with van der Waals surface area (Å²) in [6.45, 7) is 0.515. The Morgan fingerprint density at radius 1 is 1.19 bits per heavy atom. The van der Waals surface area contributed by atoms with Crippen molar-refractivity contribution in [1.82, 2.24) is 4.98 Å². The van der Waals surface area contributed by atoms with E-state index in [0.717, 1.165) is 37.2 Å². The van der Waals surface area contributed by atoms with Crippen LogP contribution in [0.4, 0.5) is 5.13 Å². The predicted molar refractivity (Wildman–Crippen MR) is 103 cm³/mol. The van der Waals surface area contributed by atoms with Crippen LogP contribution in [0.5, 0.6) is 0 Å². The van der Waals surface area contributed by atoms with Gasteiger partial charge in [-0.2, -0.15) is 0 Å². The average Bonchev–Trinajstić information content (AvgIpc) is 3.31. The Kier molecular flexibility index (Phi) is 7.37. The summed E-state index contributed by atoms with van der Waals surface area (Å²) in [5.41, 5.74) is 2.64. The van der Waals surface area contributed by atoms with E-state index in [1.807, 2.05) is 0 Å². The maximum absolute atomic E-state index is 11.0. The molecule has 1 unspecified atom stereocenters. The normalized spacial score (nSPS) is 19.3. The molecule has 27 heavy (non-hydrogen) atoms. The predicted octanol–water partition coefficient (Wildman–Crippen LogP) is 0.309. The summed E-state index contributed by atoms with van der Waals surface area (Å²) in [7, 11) is 0. The molecular weight excluding hydrogens is 367 g/mol. The van der Waals surface area contributed by atoms with Crippen LogP contribution in [0.3, 0.4) is 0 Å². The third-order valence-corrected chi connectivity index (χ3v) is 6.92. The summed E-state index contributed by atoms with van der Waals surface area (Å²) in [6.07, 6.45) is 8.03. The third kappa shape index (κ3) is 4.94. The molecule has 4 nitrogen and oxygen atoms in total. The molecule has 1 fully saturated rings. The molecule has 2 aliphatic rings. The summed E-state index contributed by atoms with van der Waals surface area (Å²) in [6, 6.07) is 11.2. The van der Waals surface area contributed by atoms with Crippen molar-refractivity contribution in [1.29, 1.82) is 0 Å². The van der Waals surface area contributed by atoms with E-state index in [9.17, 15) is 9.90 Å². The zero-order valence-corrected chi connectivity index (χ0v) is 18.8. The van der Waals surface area contributed by atoms with Crippen LogP contribution in [0, 0.1) is 0 Å². The number of carboxylic acids is 1. The van der Waals surface area contributed by atoms with Gasteiger partial charge in [0.1, 0.15) is 0 Å². The van der Waals surface area contributed by atoms with Crippen molar-refractivity contribution in [3.63, 3.8) is 0 Å². The number of fused-ring (bicyclic) bond motifs is 1. The molecule has 6 heteroatoms. The SMILES string of the molecule is O=C([O-])CCN(c1nc2c(s1)CC(c1ccccc1)CC2)C1CCCC1.[Na+]. The number of aliphatic carboxylic acids is 1. The number of aromatic nitrogens is 1. The molecule has 1 aromatic heterocycles. The number of nitrogens with zero attached hydrogens (tertiary/aromatic N) is 2. The second-order valence-electron chi connectivity index (χ2n) is 7.47. The number of carboxylic acid groups (broad SMARTS) is 1. The molecule has 0 spiro atoms. The molecule has 0 aliphatic heterocycles. The largest absolute Gasteiger partial charge is 1.00 e. The smallest absolute Gasteiger partial charge is 0.550 e. The fourth-order valence-electron chi connectivity index (χ4n) is 4.36. The van der Waals surface area contributed by atoms with Gasteiger partial charge in [0.15, 0.2) is 5.13 Å². The van der Waals surface area contributed by atoms with Crippen molar-refractivity contribution < 1.29 is 39.5 Å². The first-order valence-corrected chi connectivity index (χ1v) is 10.5. The van der Waals surface area contributed by atoms with E-state index in [1.165, 1.54) is 29.0 Å². The number of carbonyl (C=O) groups excluding carboxylic acids is 1. The van der Waals surface area contributed by atoms with Gasteiger partial charge in [-0.3, -0.25) is 0 Å². The summed E-state index contributed by atoms with van der Waals surface area (Å²) in [5, 5.41) is 12.0. The number of aryl methyl sites for hydroxylation is 1. The van der Waals surface area contributed by atoms with E-state index in [0.29, 0.717) is 18.5 Å². The van der Waals surface area contributed by atoms with E-state index < -0.39 is 5.97 Å². The molecule has 0 N–H and O–H groups in total. The topological polar surface area (TPSA) is 56.3 Å². The fraction of sp³-hybridized carbons (Fsp3) is 0.524. The molecule has 4 rings (SSSR count). The monoisotopic (exact) mass is 392 g/mol. The van der Waals surface area contributed by atoms with Gasteiger partial charge in [-0.25, -0.2) is 4.98 Å². The molecular formula is C21H25N2NaO2S. The standard InChI is InChI=1S/C21H26N2O2S.Na/c24-20(25)12-13-23(17-8-4-5-9-17)21-22-18-11-10-16(14-19(18)26-21)15-6-2-1-3-7-15;/h1-3,6-7,16-17H,4-5,8-14H2,(H,24,25);/q;+1/p-1. The number of thiazole rings is 1. The van der Waals surface area contributed by atoms with Gasteiger partial charge < -0.3 is 14.8 Å². The van der Waals surface area contributed by atoms with Gasteiger partial charge in [0.2, 0.25) is 0 Å². The fourth-order valence-corrected chi connectivity index (χ4v) is 5.64. The summed E-state index contributed by atoms with van der Waals surface area (Å²) in [4.78, 5) is 19.6. The Balaban J connectivity index is 0.00000210. The van der Waals surface area contributed by atoms with Crippen LogP contribution in [-0.4, -0.2) is 23.5 Å². The number of hydrogen-bond donors (Lipinski definition) is 0. The van der Waals surface area contributed by atoms with Gasteiger partial charge in [-0.1, -0.05) is 43.2 Å². The van der Waals surface area contributed by atoms with E-state index in [2.05, 4.69) is 35.2 Å². The average molecular weight is 393 g/mol. The Morgan fingerprint density at radius 3 is 2.63 bits per heavy atom. The zero-order chi connectivity index (χ0) is 17.9. The van der Waals surface area contributed by atoms with Gasteiger partial charge in [0, 0.05) is 29.9 Å². The Bertz CT molecular complexity index is 759. The number of benzene rings is 1. The van der Waals surface area contributed by atoms with Gasteiger partial charge >= 0.3 is 29.6 Å². The number of anilines is 1. The maximum Gasteiger partial charge on any atom is 1.00 e. The molecule has 1 heterocycles. The van der Waals surface area contributed by atoms with Crippen LogP contribution in [0.15, 0.2) is 30.3 Å². The zero-order valence-electron chi connectivity index (χ0n) is 16.0. The molecule has 2 aliphatic carbocycles. The number of carbonyl (C=O) groups is 1. The Morgan fingerprint density at radius 2 is 1.93 bits per heavy atom. The van der Waals surface area contributed by atoms with Crippen molar-refractivity contribution in [3.05, 3.63) is 46.5 Å². The minimum absolute atomic E-state index is 0. The number of rotatable bonds is 6. The van der Waals surface area contributed by atoms with Gasteiger partial charge in [-0.15, -0.1) is 11.3 Å². The van der Waals surface area contributed by atoms with Crippen LogP contribution >= 0.6 is 11.3 Å². The molecule has 138 valence electrons. The molecule has 0 radical (unpaired) electrons. The van der Waals surface area contributed by atoms with Crippen LogP contribution in [0.25, 0.3) is 0 Å². The van der Waals surface area contributed by atoms with Crippen molar-refractivity contribution in [2.24, 2.45) is 0 Å². The molecule has 0 saturated heterocycles. The van der Waals surface area contributed by atoms with Crippen molar-refractivity contribution >= 4 is 22.4 Å². The van der Waals surface area contributed by atoms with Crippen LogP contribution < -0.4 is 39.6 Å². The second-order valence-corrected chi connectivity index (χ2v) is 8.53. The minimum Gasteiger partial charge on any atom is -0.550 e. The summed E-state index contributed by atoms with van der Waals surface area (Å²) < 4.78 is 0. The van der Waals surface area contributed by atoms with Crippen LogP contribution in [0.1, 0.15) is 60.6 Å². The van der Waals surface area contributed by atoms with Gasteiger partial charge in [0.25, 0.3) is 0 Å². The van der Waals surface area contributed by atoms with Crippen LogP contribution in [0.2, 0.25) is 0 Å². The maximum atomic E-state index is 11.0. The third-order valence-electron chi connectivity index (χ3n) is 5.77.